The maximum absolute atomic E-state index is 5.63. The lowest BCUT2D eigenvalue weighted by atomic mass is 10.1. The Morgan fingerprint density at radius 3 is 2.72 bits per heavy atom. The summed E-state index contributed by atoms with van der Waals surface area (Å²) in [5.41, 5.74) is 7.92. The molecule has 0 aromatic carbocycles. The first-order valence-corrected chi connectivity index (χ1v) is 7.05. The highest BCUT2D eigenvalue weighted by Gasteiger charge is 2.09. The van der Waals surface area contributed by atoms with Gasteiger partial charge >= 0.3 is 0 Å². The Kier molecular flexibility index (Phi) is 6.91. The van der Waals surface area contributed by atoms with Crippen LogP contribution in [0.2, 0.25) is 0 Å². The molecule has 3 nitrogen and oxygen atoms in total. The predicted octanol–water partition coefficient (Wildman–Crippen LogP) is 2.94. The van der Waals surface area contributed by atoms with Crippen LogP contribution in [0.1, 0.15) is 51.3 Å². The molecule has 0 bridgehead atoms. The summed E-state index contributed by atoms with van der Waals surface area (Å²) in [6.45, 7) is 9.46. The minimum atomic E-state index is 0.519. The zero-order chi connectivity index (χ0) is 13.4. The molecule has 1 rings (SSSR count). The minimum absolute atomic E-state index is 0.519. The summed E-state index contributed by atoms with van der Waals surface area (Å²) in [5, 5.41) is 0. The molecule has 0 amide bonds. The van der Waals surface area contributed by atoms with E-state index in [0.29, 0.717) is 12.6 Å². The summed E-state index contributed by atoms with van der Waals surface area (Å²) in [5.74, 6) is 0. The molecule has 0 aliphatic carbocycles. The summed E-state index contributed by atoms with van der Waals surface area (Å²) in [4.78, 5) is 6.76. The van der Waals surface area contributed by atoms with E-state index in [-0.39, 0.29) is 0 Å². The van der Waals surface area contributed by atoms with Crippen molar-refractivity contribution in [3.8, 4) is 0 Å². The average molecular weight is 249 g/mol. The van der Waals surface area contributed by atoms with E-state index in [1.54, 1.807) is 0 Å². The van der Waals surface area contributed by atoms with Gasteiger partial charge in [0, 0.05) is 25.3 Å². The Morgan fingerprint density at radius 2 is 2.11 bits per heavy atom. The second kappa shape index (κ2) is 8.22. The third-order valence-electron chi connectivity index (χ3n) is 3.25. The van der Waals surface area contributed by atoms with Gasteiger partial charge in [-0.05, 0) is 44.5 Å². The summed E-state index contributed by atoms with van der Waals surface area (Å²) in [6.07, 6.45) is 5.73. The summed E-state index contributed by atoms with van der Waals surface area (Å²) >= 11 is 0. The molecule has 0 saturated heterocycles. The lowest BCUT2D eigenvalue weighted by Crippen LogP contribution is -2.31. The smallest absolute Gasteiger partial charge is 0.0542 e. The van der Waals surface area contributed by atoms with Gasteiger partial charge in [-0.15, -0.1) is 0 Å². The van der Waals surface area contributed by atoms with Crippen LogP contribution in [0.3, 0.4) is 0 Å². The van der Waals surface area contributed by atoms with E-state index in [4.69, 9.17) is 5.73 Å². The highest BCUT2D eigenvalue weighted by Crippen LogP contribution is 2.10. The fourth-order valence-corrected chi connectivity index (χ4v) is 2.06. The van der Waals surface area contributed by atoms with Crippen molar-refractivity contribution < 1.29 is 0 Å². The molecule has 0 aliphatic heterocycles. The summed E-state index contributed by atoms with van der Waals surface area (Å²) < 4.78 is 0. The highest BCUT2D eigenvalue weighted by molar-refractivity contribution is 5.16. The van der Waals surface area contributed by atoms with Crippen molar-refractivity contribution >= 4 is 0 Å². The number of rotatable bonds is 8. The van der Waals surface area contributed by atoms with E-state index in [2.05, 4.69) is 42.8 Å². The van der Waals surface area contributed by atoms with E-state index in [0.717, 1.165) is 12.2 Å². The molecule has 0 aliphatic rings. The Balaban J connectivity index is 2.58. The molecule has 0 spiro atoms. The molecule has 18 heavy (non-hydrogen) atoms. The second-order valence-electron chi connectivity index (χ2n) is 5.13. The number of nitrogens with zero attached hydrogens (tertiary/aromatic N) is 2. The van der Waals surface area contributed by atoms with E-state index in [1.807, 2.05) is 6.20 Å². The molecule has 1 aromatic rings. The highest BCUT2D eigenvalue weighted by atomic mass is 15.1. The normalized spacial score (nSPS) is 11.4. The van der Waals surface area contributed by atoms with Crippen LogP contribution in [0, 0.1) is 0 Å². The van der Waals surface area contributed by atoms with Crippen LogP contribution in [0.15, 0.2) is 18.3 Å². The Hall–Kier alpha value is -0.930. The molecule has 0 fully saturated rings. The topological polar surface area (TPSA) is 42.2 Å². The van der Waals surface area contributed by atoms with Gasteiger partial charge < -0.3 is 5.73 Å². The van der Waals surface area contributed by atoms with Gasteiger partial charge in [-0.3, -0.25) is 9.88 Å². The molecule has 0 atom stereocenters. The average Bonchev–Trinajstić information content (AvgIpc) is 2.38. The molecular weight excluding hydrogens is 222 g/mol. The van der Waals surface area contributed by atoms with Gasteiger partial charge in [0.05, 0.1) is 5.69 Å². The van der Waals surface area contributed by atoms with Crippen LogP contribution in [-0.2, 0) is 13.1 Å². The van der Waals surface area contributed by atoms with Crippen LogP contribution < -0.4 is 5.73 Å². The van der Waals surface area contributed by atoms with E-state index in [9.17, 15) is 0 Å². The molecule has 0 unspecified atom stereocenters. The van der Waals surface area contributed by atoms with E-state index < -0.39 is 0 Å². The van der Waals surface area contributed by atoms with Gasteiger partial charge in [-0.2, -0.15) is 0 Å². The molecule has 0 saturated carbocycles. The van der Waals surface area contributed by atoms with Crippen LogP contribution in [0.5, 0.6) is 0 Å². The Morgan fingerprint density at radius 1 is 1.33 bits per heavy atom. The van der Waals surface area contributed by atoms with Crippen molar-refractivity contribution in [2.75, 3.05) is 6.54 Å². The van der Waals surface area contributed by atoms with Gasteiger partial charge in [-0.25, -0.2) is 0 Å². The van der Waals surface area contributed by atoms with E-state index >= 15 is 0 Å². The second-order valence-corrected chi connectivity index (χ2v) is 5.13. The van der Waals surface area contributed by atoms with Crippen molar-refractivity contribution in [3.05, 3.63) is 29.6 Å². The van der Waals surface area contributed by atoms with Gasteiger partial charge in [0.2, 0.25) is 0 Å². The number of hydrogen-bond donors (Lipinski definition) is 1. The maximum Gasteiger partial charge on any atom is 0.0542 e. The number of nitrogens with two attached hydrogens (primary N) is 1. The zero-order valence-corrected chi connectivity index (χ0v) is 12.0. The van der Waals surface area contributed by atoms with E-state index in [1.165, 1.54) is 31.4 Å². The number of unbranched alkanes of at least 4 members (excludes halogenated alkanes) is 2. The number of pyridine rings is 1. The molecule has 1 heterocycles. The fraction of sp³-hybridized carbons (Fsp3) is 0.667. The van der Waals surface area contributed by atoms with Crippen molar-refractivity contribution in [2.24, 2.45) is 5.73 Å². The SMILES string of the molecule is CCCCCN(Cc1ccnc(CN)c1)C(C)C. The molecule has 2 N–H and O–H groups in total. The first-order valence-electron chi connectivity index (χ1n) is 7.05. The maximum atomic E-state index is 5.63. The Bertz CT molecular complexity index is 336. The zero-order valence-electron chi connectivity index (χ0n) is 12.0. The monoisotopic (exact) mass is 249 g/mol. The molecule has 1 aromatic heterocycles. The standard InChI is InChI=1S/C15H27N3/c1-4-5-6-9-18(13(2)3)12-14-7-8-17-15(10-14)11-16/h7-8,10,13H,4-6,9,11-12,16H2,1-3H3. The van der Waals surface area contributed by atoms with Crippen molar-refractivity contribution in [3.63, 3.8) is 0 Å². The van der Waals surface area contributed by atoms with Gasteiger partial charge in [0.25, 0.3) is 0 Å². The van der Waals surface area contributed by atoms with Crippen molar-refractivity contribution in [1.82, 2.24) is 9.88 Å². The first kappa shape index (κ1) is 15.1. The summed E-state index contributed by atoms with van der Waals surface area (Å²) in [6, 6.07) is 4.79. The minimum Gasteiger partial charge on any atom is -0.325 e. The quantitative estimate of drug-likeness (QED) is 0.720. The summed E-state index contributed by atoms with van der Waals surface area (Å²) in [7, 11) is 0. The first-order chi connectivity index (χ1) is 8.67. The number of hydrogen-bond acceptors (Lipinski definition) is 3. The molecule has 0 radical (unpaired) electrons. The van der Waals surface area contributed by atoms with Crippen LogP contribution in [0.4, 0.5) is 0 Å². The predicted molar refractivity (Wildman–Crippen MR) is 77.2 cm³/mol. The van der Waals surface area contributed by atoms with Crippen molar-refractivity contribution in [2.45, 2.75) is 59.2 Å². The van der Waals surface area contributed by atoms with Gasteiger partial charge in [-0.1, -0.05) is 19.8 Å². The third kappa shape index (κ3) is 5.15. The van der Waals surface area contributed by atoms with Crippen LogP contribution >= 0.6 is 0 Å². The van der Waals surface area contributed by atoms with Crippen molar-refractivity contribution in [1.29, 1.82) is 0 Å². The van der Waals surface area contributed by atoms with Gasteiger partial charge in [0.1, 0.15) is 0 Å². The number of aromatic nitrogens is 1. The molecule has 102 valence electrons. The lowest BCUT2D eigenvalue weighted by Gasteiger charge is -2.26. The molecule has 3 heteroatoms. The van der Waals surface area contributed by atoms with Crippen LogP contribution in [-0.4, -0.2) is 22.5 Å². The van der Waals surface area contributed by atoms with Crippen LogP contribution in [0.25, 0.3) is 0 Å². The molecular formula is C15H27N3. The lowest BCUT2D eigenvalue weighted by molar-refractivity contribution is 0.208. The fourth-order valence-electron chi connectivity index (χ4n) is 2.06. The van der Waals surface area contributed by atoms with Gasteiger partial charge in [0.15, 0.2) is 0 Å². The third-order valence-corrected chi connectivity index (χ3v) is 3.25. The Labute approximate surface area is 111 Å². The largest absolute Gasteiger partial charge is 0.325 e.